The van der Waals surface area contributed by atoms with Gasteiger partial charge in [0.15, 0.2) is 5.96 Å². The van der Waals surface area contributed by atoms with Gasteiger partial charge in [0.1, 0.15) is 0 Å². The number of hydrogen-bond acceptors (Lipinski definition) is 2. The molecule has 0 saturated carbocycles. The van der Waals surface area contributed by atoms with E-state index < -0.39 is 0 Å². The topological polar surface area (TPSA) is 70.7 Å². The lowest BCUT2D eigenvalue weighted by Crippen LogP contribution is -2.37. The first-order valence-electron chi connectivity index (χ1n) is 7.54. The second kappa shape index (κ2) is 9.00. The van der Waals surface area contributed by atoms with Gasteiger partial charge in [-0.1, -0.05) is 19.1 Å². The lowest BCUT2D eigenvalue weighted by Gasteiger charge is -2.19. The fraction of sp³-hybridized carbons (Fsp3) is 0.500. The average molecular weight is 290 g/mol. The van der Waals surface area contributed by atoms with Crippen LogP contribution in [0.3, 0.4) is 0 Å². The predicted octanol–water partition coefficient (Wildman–Crippen LogP) is 1.98. The summed E-state index contributed by atoms with van der Waals surface area (Å²) in [5.74, 6) is 0.500. The number of nitrogens with one attached hydrogen (secondary N) is 1. The zero-order valence-electron chi connectivity index (χ0n) is 13.2. The second-order valence-electron chi connectivity index (χ2n) is 4.80. The molecule has 0 bridgehead atoms. The van der Waals surface area contributed by atoms with Crippen molar-refractivity contribution >= 4 is 11.9 Å². The predicted molar refractivity (Wildman–Crippen MR) is 87.3 cm³/mol. The van der Waals surface area contributed by atoms with Crippen molar-refractivity contribution in [2.24, 2.45) is 10.7 Å². The van der Waals surface area contributed by atoms with E-state index in [0.29, 0.717) is 24.6 Å². The molecule has 0 spiro atoms. The van der Waals surface area contributed by atoms with Crippen LogP contribution in [0.1, 0.15) is 43.1 Å². The highest BCUT2D eigenvalue weighted by atomic mass is 16.1. The number of nitrogens with zero attached hydrogens (tertiary/aromatic N) is 2. The highest BCUT2D eigenvalue weighted by Crippen LogP contribution is 2.07. The summed E-state index contributed by atoms with van der Waals surface area (Å²) < 4.78 is 0. The van der Waals surface area contributed by atoms with Gasteiger partial charge in [0.2, 0.25) is 0 Å². The molecule has 21 heavy (non-hydrogen) atoms. The van der Waals surface area contributed by atoms with Crippen LogP contribution in [0.4, 0.5) is 0 Å². The van der Waals surface area contributed by atoms with E-state index in [4.69, 9.17) is 5.73 Å². The summed E-state index contributed by atoms with van der Waals surface area (Å²) in [6.07, 6.45) is 0.927. The number of rotatable bonds is 7. The Bertz CT molecular complexity index is 481. The number of hydrogen-bond donors (Lipinski definition) is 2. The molecule has 0 aromatic heterocycles. The Kier molecular flexibility index (Phi) is 7.29. The third kappa shape index (κ3) is 5.45. The molecule has 0 saturated heterocycles. The van der Waals surface area contributed by atoms with E-state index in [0.717, 1.165) is 25.1 Å². The molecule has 5 nitrogen and oxygen atoms in total. The van der Waals surface area contributed by atoms with Gasteiger partial charge in [-0.05, 0) is 38.0 Å². The number of nitrogens with two attached hydrogens (primary N) is 1. The van der Waals surface area contributed by atoms with Crippen molar-refractivity contribution in [1.82, 2.24) is 10.2 Å². The van der Waals surface area contributed by atoms with Gasteiger partial charge in [-0.15, -0.1) is 0 Å². The molecular weight excluding hydrogens is 264 g/mol. The van der Waals surface area contributed by atoms with Crippen LogP contribution in [0.25, 0.3) is 0 Å². The van der Waals surface area contributed by atoms with E-state index >= 15 is 0 Å². The summed E-state index contributed by atoms with van der Waals surface area (Å²) in [6, 6.07) is 7.50. The lowest BCUT2D eigenvalue weighted by atomic mass is 10.1. The smallest absolute Gasteiger partial charge is 0.251 e. The molecule has 0 atom stereocenters. The third-order valence-corrected chi connectivity index (χ3v) is 3.24. The van der Waals surface area contributed by atoms with Gasteiger partial charge in [0.25, 0.3) is 5.91 Å². The Morgan fingerprint density at radius 3 is 2.62 bits per heavy atom. The van der Waals surface area contributed by atoms with E-state index in [9.17, 15) is 4.79 Å². The fourth-order valence-electron chi connectivity index (χ4n) is 1.97. The van der Waals surface area contributed by atoms with Crippen molar-refractivity contribution in [1.29, 1.82) is 0 Å². The number of amides is 1. The molecule has 0 unspecified atom stereocenters. The minimum Gasteiger partial charge on any atom is -0.370 e. The molecule has 1 aromatic carbocycles. The molecule has 0 heterocycles. The molecule has 1 aromatic rings. The Hall–Kier alpha value is -2.04. The number of guanidine groups is 1. The van der Waals surface area contributed by atoms with Crippen molar-refractivity contribution in [3.8, 4) is 0 Å². The van der Waals surface area contributed by atoms with E-state index in [2.05, 4.69) is 10.3 Å². The first-order chi connectivity index (χ1) is 10.1. The van der Waals surface area contributed by atoms with E-state index in [1.807, 2.05) is 49.9 Å². The van der Waals surface area contributed by atoms with Gasteiger partial charge in [0, 0.05) is 25.2 Å². The Morgan fingerprint density at radius 2 is 2.00 bits per heavy atom. The molecular formula is C16H26N4O. The Balaban J connectivity index is 2.72. The largest absolute Gasteiger partial charge is 0.370 e. The fourth-order valence-corrected chi connectivity index (χ4v) is 1.97. The summed E-state index contributed by atoms with van der Waals surface area (Å²) in [7, 11) is 0. The standard InChI is InChI=1S/C16H26N4O/c1-4-10-18-15(21)14-9-7-8-13(11-14)12-19-16(17)20(5-2)6-3/h7-9,11H,4-6,10,12H2,1-3H3,(H2,17,19)(H,18,21). The summed E-state index contributed by atoms with van der Waals surface area (Å²) in [5, 5.41) is 2.87. The molecule has 3 N–H and O–H groups in total. The number of benzene rings is 1. The Labute approximate surface area is 127 Å². The van der Waals surface area contributed by atoms with Crippen LogP contribution in [0.2, 0.25) is 0 Å². The second-order valence-corrected chi connectivity index (χ2v) is 4.80. The molecule has 0 aliphatic carbocycles. The molecule has 1 rings (SSSR count). The monoisotopic (exact) mass is 290 g/mol. The molecule has 1 amide bonds. The first kappa shape index (κ1) is 17.0. The van der Waals surface area contributed by atoms with Crippen LogP contribution in [0.15, 0.2) is 29.3 Å². The summed E-state index contributed by atoms with van der Waals surface area (Å²) in [4.78, 5) is 18.3. The first-order valence-corrected chi connectivity index (χ1v) is 7.54. The lowest BCUT2D eigenvalue weighted by molar-refractivity contribution is 0.0953. The molecule has 0 aliphatic heterocycles. The van der Waals surface area contributed by atoms with Crippen molar-refractivity contribution in [2.45, 2.75) is 33.7 Å². The quantitative estimate of drug-likeness (QED) is 0.596. The van der Waals surface area contributed by atoms with Crippen LogP contribution in [0.5, 0.6) is 0 Å². The van der Waals surface area contributed by atoms with Crippen LogP contribution >= 0.6 is 0 Å². The van der Waals surface area contributed by atoms with Gasteiger partial charge in [0.05, 0.1) is 6.54 Å². The van der Waals surface area contributed by atoms with Crippen molar-refractivity contribution in [3.63, 3.8) is 0 Å². The number of aliphatic imine (C=N–C) groups is 1. The van der Waals surface area contributed by atoms with E-state index in [1.165, 1.54) is 0 Å². The van der Waals surface area contributed by atoms with Crippen LogP contribution in [-0.2, 0) is 6.54 Å². The number of carbonyl (C=O) groups excluding carboxylic acids is 1. The zero-order chi connectivity index (χ0) is 15.7. The van der Waals surface area contributed by atoms with E-state index in [1.54, 1.807) is 0 Å². The highest BCUT2D eigenvalue weighted by molar-refractivity contribution is 5.94. The third-order valence-electron chi connectivity index (χ3n) is 3.24. The van der Waals surface area contributed by atoms with Crippen molar-refractivity contribution in [3.05, 3.63) is 35.4 Å². The zero-order valence-corrected chi connectivity index (χ0v) is 13.2. The van der Waals surface area contributed by atoms with Gasteiger partial charge < -0.3 is 16.0 Å². The normalized spacial score (nSPS) is 11.3. The molecule has 0 fully saturated rings. The maximum Gasteiger partial charge on any atom is 0.251 e. The molecule has 0 radical (unpaired) electrons. The molecule has 5 heteroatoms. The van der Waals surface area contributed by atoms with Gasteiger partial charge in [-0.3, -0.25) is 4.79 Å². The summed E-state index contributed by atoms with van der Waals surface area (Å²) in [5.41, 5.74) is 7.59. The molecule has 116 valence electrons. The van der Waals surface area contributed by atoms with Gasteiger partial charge >= 0.3 is 0 Å². The van der Waals surface area contributed by atoms with Crippen molar-refractivity contribution in [2.75, 3.05) is 19.6 Å². The summed E-state index contributed by atoms with van der Waals surface area (Å²) in [6.45, 7) is 8.97. The average Bonchev–Trinajstić information content (AvgIpc) is 2.52. The maximum absolute atomic E-state index is 11.9. The van der Waals surface area contributed by atoms with E-state index in [-0.39, 0.29) is 5.91 Å². The Morgan fingerprint density at radius 1 is 1.29 bits per heavy atom. The maximum atomic E-state index is 11.9. The number of carbonyl (C=O) groups is 1. The SMILES string of the molecule is CCCNC(=O)c1cccc(CN=C(N)N(CC)CC)c1. The van der Waals surface area contributed by atoms with Crippen molar-refractivity contribution < 1.29 is 4.79 Å². The molecule has 0 aliphatic rings. The van der Waals surface area contributed by atoms with Gasteiger partial charge in [-0.2, -0.15) is 0 Å². The highest BCUT2D eigenvalue weighted by Gasteiger charge is 2.06. The summed E-state index contributed by atoms with van der Waals surface area (Å²) >= 11 is 0. The minimum absolute atomic E-state index is 0.0422. The van der Waals surface area contributed by atoms with Crippen LogP contribution in [-0.4, -0.2) is 36.4 Å². The van der Waals surface area contributed by atoms with Crippen LogP contribution in [0, 0.1) is 0 Å². The van der Waals surface area contributed by atoms with Gasteiger partial charge in [-0.25, -0.2) is 4.99 Å². The minimum atomic E-state index is -0.0422. The van der Waals surface area contributed by atoms with Crippen LogP contribution < -0.4 is 11.1 Å².